The molecule has 1 saturated carbocycles. The summed E-state index contributed by atoms with van der Waals surface area (Å²) in [5.74, 6) is 0.0937. The zero-order valence-electron chi connectivity index (χ0n) is 11.0. The van der Waals surface area contributed by atoms with Crippen molar-refractivity contribution < 1.29 is 9.59 Å². The summed E-state index contributed by atoms with van der Waals surface area (Å²) in [5, 5.41) is 0. The van der Waals surface area contributed by atoms with Crippen molar-refractivity contribution in [3.63, 3.8) is 0 Å². The molecule has 2 rings (SSSR count). The van der Waals surface area contributed by atoms with Crippen LogP contribution >= 0.6 is 0 Å². The number of carbonyl (C=O) groups excluding carboxylic acids is 2. The number of amides is 2. The number of carbonyl (C=O) groups is 2. The topological polar surface area (TPSA) is 58.2 Å². The molecule has 4 heteroatoms. The molecule has 2 amide bonds. The van der Waals surface area contributed by atoms with Crippen molar-refractivity contribution in [2.45, 2.75) is 38.5 Å². The standard InChI is InChI=1S/C15H20N2O2/c18-14(11-12-7-3-1-4-8-12)16-17-15(19)13-9-5-2-6-10-13/h2,5-6,9-10,12H,1,3-4,7-8,11H2,(H,16,18)(H,17,19). The van der Waals surface area contributed by atoms with E-state index in [-0.39, 0.29) is 11.8 Å². The summed E-state index contributed by atoms with van der Waals surface area (Å²) < 4.78 is 0. The van der Waals surface area contributed by atoms with E-state index in [0.29, 0.717) is 17.9 Å². The Morgan fingerprint density at radius 3 is 2.37 bits per heavy atom. The van der Waals surface area contributed by atoms with Gasteiger partial charge in [0.15, 0.2) is 0 Å². The second kappa shape index (κ2) is 6.92. The summed E-state index contributed by atoms with van der Waals surface area (Å²) >= 11 is 0. The quantitative estimate of drug-likeness (QED) is 0.820. The predicted molar refractivity (Wildman–Crippen MR) is 73.2 cm³/mol. The Kier molecular flexibility index (Phi) is 4.95. The fraction of sp³-hybridized carbons (Fsp3) is 0.467. The van der Waals surface area contributed by atoms with Gasteiger partial charge in [-0.15, -0.1) is 0 Å². The highest BCUT2D eigenvalue weighted by atomic mass is 16.2. The molecule has 0 atom stereocenters. The first kappa shape index (κ1) is 13.6. The molecule has 0 heterocycles. The van der Waals surface area contributed by atoms with Gasteiger partial charge in [0.05, 0.1) is 0 Å². The van der Waals surface area contributed by atoms with Crippen LogP contribution in [0.1, 0.15) is 48.9 Å². The SMILES string of the molecule is O=C(CC1CCCCC1)NNC(=O)c1ccccc1. The average Bonchev–Trinajstić information content (AvgIpc) is 2.47. The van der Waals surface area contributed by atoms with E-state index in [1.165, 1.54) is 19.3 Å². The monoisotopic (exact) mass is 260 g/mol. The van der Waals surface area contributed by atoms with E-state index in [2.05, 4.69) is 10.9 Å². The van der Waals surface area contributed by atoms with Crippen LogP contribution in [0, 0.1) is 5.92 Å². The van der Waals surface area contributed by atoms with Crippen LogP contribution in [0.5, 0.6) is 0 Å². The van der Waals surface area contributed by atoms with Gasteiger partial charge in [0.1, 0.15) is 0 Å². The summed E-state index contributed by atoms with van der Waals surface area (Å²) in [6.07, 6.45) is 6.47. The van der Waals surface area contributed by atoms with Crippen LogP contribution in [0.15, 0.2) is 30.3 Å². The van der Waals surface area contributed by atoms with E-state index < -0.39 is 0 Å². The van der Waals surface area contributed by atoms with Gasteiger partial charge in [-0.05, 0) is 30.9 Å². The van der Waals surface area contributed by atoms with Crippen molar-refractivity contribution in [1.82, 2.24) is 10.9 Å². The number of benzene rings is 1. The molecule has 0 saturated heterocycles. The van der Waals surface area contributed by atoms with Crippen LogP contribution < -0.4 is 10.9 Å². The van der Waals surface area contributed by atoms with Crippen LogP contribution in [0.4, 0.5) is 0 Å². The molecule has 0 aromatic heterocycles. The third-order valence-electron chi connectivity index (χ3n) is 3.55. The Balaban J connectivity index is 1.72. The smallest absolute Gasteiger partial charge is 0.269 e. The van der Waals surface area contributed by atoms with Gasteiger partial charge >= 0.3 is 0 Å². The van der Waals surface area contributed by atoms with Crippen molar-refractivity contribution in [2.75, 3.05) is 0 Å². The van der Waals surface area contributed by atoms with Gasteiger partial charge in [0, 0.05) is 12.0 Å². The number of hydrogen-bond donors (Lipinski definition) is 2. The lowest BCUT2D eigenvalue weighted by atomic mass is 9.87. The Hall–Kier alpha value is -1.84. The molecule has 1 aromatic carbocycles. The van der Waals surface area contributed by atoms with Gasteiger partial charge in [0.2, 0.25) is 5.91 Å². The maximum Gasteiger partial charge on any atom is 0.269 e. The number of hydrogen-bond acceptors (Lipinski definition) is 2. The highest BCUT2D eigenvalue weighted by molar-refractivity contribution is 5.95. The number of rotatable bonds is 3. The summed E-state index contributed by atoms with van der Waals surface area (Å²) in [6, 6.07) is 8.85. The van der Waals surface area contributed by atoms with E-state index in [1.807, 2.05) is 6.07 Å². The highest BCUT2D eigenvalue weighted by Crippen LogP contribution is 2.25. The van der Waals surface area contributed by atoms with Gasteiger partial charge in [-0.3, -0.25) is 20.4 Å². The third-order valence-corrected chi connectivity index (χ3v) is 3.55. The zero-order chi connectivity index (χ0) is 13.5. The molecule has 2 N–H and O–H groups in total. The second-order valence-corrected chi connectivity index (χ2v) is 5.08. The first-order valence-electron chi connectivity index (χ1n) is 6.90. The fourth-order valence-corrected chi connectivity index (χ4v) is 2.49. The number of hydrazine groups is 1. The zero-order valence-corrected chi connectivity index (χ0v) is 11.0. The lowest BCUT2D eigenvalue weighted by Gasteiger charge is -2.20. The molecule has 1 fully saturated rings. The van der Waals surface area contributed by atoms with Gasteiger partial charge in [-0.1, -0.05) is 37.5 Å². The van der Waals surface area contributed by atoms with Crippen LogP contribution in [0.2, 0.25) is 0 Å². The minimum atomic E-state index is -0.280. The summed E-state index contributed by atoms with van der Waals surface area (Å²) in [5.41, 5.74) is 5.48. The largest absolute Gasteiger partial charge is 0.273 e. The minimum absolute atomic E-state index is 0.101. The molecule has 0 unspecified atom stereocenters. The molecule has 19 heavy (non-hydrogen) atoms. The van der Waals surface area contributed by atoms with Gasteiger partial charge < -0.3 is 0 Å². The van der Waals surface area contributed by atoms with Crippen LogP contribution in [0.25, 0.3) is 0 Å². The van der Waals surface area contributed by atoms with Crippen molar-refractivity contribution >= 4 is 11.8 Å². The molecule has 1 aliphatic rings. The lowest BCUT2D eigenvalue weighted by molar-refractivity contribution is -0.123. The first-order chi connectivity index (χ1) is 9.25. The Bertz CT molecular complexity index is 425. The molecule has 0 aliphatic heterocycles. The molecular formula is C15H20N2O2. The molecule has 0 radical (unpaired) electrons. The van der Waals surface area contributed by atoms with Gasteiger partial charge in [0.25, 0.3) is 5.91 Å². The van der Waals surface area contributed by atoms with Gasteiger partial charge in [-0.25, -0.2) is 0 Å². The Labute approximate surface area is 113 Å². The Morgan fingerprint density at radius 1 is 1.00 bits per heavy atom. The molecule has 1 aliphatic carbocycles. The first-order valence-corrected chi connectivity index (χ1v) is 6.90. The van der Waals surface area contributed by atoms with E-state index in [1.54, 1.807) is 24.3 Å². The minimum Gasteiger partial charge on any atom is -0.273 e. The van der Waals surface area contributed by atoms with Crippen LogP contribution in [0.3, 0.4) is 0 Å². The number of nitrogens with one attached hydrogen (secondary N) is 2. The summed E-state index contributed by atoms with van der Waals surface area (Å²) in [4.78, 5) is 23.4. The Morgan fingerprint density at radius 2 is 1.68 bits per heavy atom. The normalized spacial score (nSPS) is 15.8. The predicted octanol–water partition coefficient (Wildman–Crippen LogP) is 2.42. The average molecular weight is 260 g/mol. The molecule has 4 nitrogen and oxygen atoms in total. The highest BCUT2D eigenvalue weighted by Gasteiger charge is 2.17. The van der Waals surface area contributed by atoms with Crippen molar-refractivity contribution in [1.29, 1.82) is 0 Å². The molecule has 1 aromatic rings. The van der Waals surface area contributed by atoms with Crippen LogP contribution in [-0.2, 0) is 4.79 Å². The van der Waals surface area contributed by atoms with E-state index >= 15 is 0 Å². The molecule has 102 valence electrons. The molecular weight excluding hydrogens is 240 g/mol. The summed E-state index contributed by atoms with van der Waals surface area (Å²) in [7, 11) is 0. The maximum atomic E-state index is 11.7. The molecule has 0 spiro atoms. The van der Waals surface area contributed by atoms with Crippen LogP contribution in [-0.4, -0.2) is 11.8 Å². The maximum absolute atomic E-state index is 11.7. The van der Waals surface area contributed by atoms with Crippen molar-refractivity contribution in [3.05, 3.63) is 35.9 Å². The lowest BCUT2D eigenvalue weighted by Crippen LogP contribution is -2.42. The van der Waals surface area contributed by atoms with E-state index in [9.17, 15) is 9.59 Å². The second-order valence-electron chi connectivity index (χ2n) is 5.08. The van der Waals surface area contributed by atoms with Gasteiger partial charge in [-0.2, -0.15) is 0 Å². The van der Waals surface area contributed by atoms with E-state index in [0.717, 1.165) is 12.8 Å². The van der Waals surface area contributed by atoms with Crippen molar-refractivity contribution in [3.8, 4) is 0 Å². The van der Waals surface area contributed by atoms with Crippen molar-refractivity contribution in [2.24, 2.45) is 5.92 Å². The summed E-state index contributed by atoms with van der Waals surface area (Å²) in [6.45, 7) is 0. The fourth-order valence-electron chi connectivity index (χ4n) is 2.49. The van der Waals surface area contributed by atoms with E-state index in [4.69, 9.17) is 0 Å². The molecule has 0 bridgehead atoms. The third kappa shape index (κ3) is 4.39.